The van der Waals surface area contributed by atoms with Crippen LogP contribution in [0, 0.1) is 5.92 Å². The van der Waals surface area contributed by atoms with Gasteiger partial charge in [-0.2, -0.15) is 0 Å². The molecule has 4 rings (SSSR count). The normalized spacial score (nSPS) is 23.6. The Morgan fingerprint density at radius 1 is 1.28 bits per heavy atom. The highest BCUT2D eigenvalue weighted by Gasteiger charge is 2.47. The number of aromatic nitrogens is 3. The fourth-order valence-electron chi connectivity index (χ4n) is 3.61. The van der Waals surface area contributed by atoms with Crippen molar-refractivity contribution in [3.8, 4) is 0 Å². The molecular formula is C18H21N5O2. The molecule has 1 aliphatic heterocycles. The maximum Gasteiger partial charge on any atom is 0.230 e. The van der Waals surface area contributed by atoms with E-state index in [1.165, 1.54) is 0 Å². The fraction of sp³-hybridized carbons (Fsp3) is 0.444. The van der Waals surface area contributed by atoms with Crippen LogP contribution in [0.4, 0.5) is 5.69 Å². The largest absolute Gasteiger partial charge is 0.336 e. The number of carbonyl (C=O) groups is 2. The maximum atomic E-state index is 13.0. The summed E-state index contributed by atoms with van der Waals surface area (Å²) in [5, 5.41) is 2.94. The molecule has 7 heteroatoms. The number of carbonyl (C=O) groups excluding carboxylic acids is 2. The molecule has 130 valence electrons. The van der Waals surface area contributed by atoms with Crippen LogP contribution in [0.3, 0.4) is 0 Å². The Morgan fingerprint density at radius 3 is 2.76 bits per heavy atom. The van der Waals surface area contributed by atoms with Crippen molar-refractivity contribution >= 4 is 17.5 Å². The molecule has 25 heavy (non-hydrogen) atoms. The second-order valence-electron chi connectivity index (χ2n) is 6.75. The van der Waals surface area contributed by atoms with Crippen molar-refractivity contribution in [2.45, 2.75) is 37.8 Å². The van der Waals surface area contributed by atoms with Crippen LogP contribution in [-0.2, 0) is 16.6 Å². The lowest BCUT2D eigenvalue weighted by molar-refractivity contribution is -0.143. The Kier molecular flexibility index (Phi) is 3.99. The molecule has 1 N–H and O–H groups in total. The van der Waals surface area contributed by atoms with Gasteiger partial charge in [0.2, 0.25) is 11.8 Å². The molecule has 2 fully saturated rings. The summed E-state index contributed by atoms with van der Waals surface area (Å²) in [5.74, 6) is 0.492. The first-order chi connectivity index (χ1) is 12.1. The summed E-state index contributed by atoms with van der Waals surface area (Å²) in [6, 6.07) is 3.52. The van der Waals surface area contributed by atoms with Gasteiger partial charge < -0.3 is 14.8 Å². The van der Waals surface area contributed by atoms with Crippen LogP contribution in [0.5, 0.6) is 0 Å². The number of aryl methyl sites for hydroxylation is 1. The second-order valence-corrected chi connectivity index (χ2v) is 6.75. The number of nitrogens with one attached hydrogen (secondary N) is 1. The molecule has 2 aliphatic rings. The smallest absolute Gasteiger partial charge is 0.230 e. The summed E-state index contributed by atoms with van der Waals surface area (Å²) in [7, 11) is 1.91. The first kappa shape index (κ1) is 15.8. The molecule has 1 aliphatic carbocycles. The van der Waals surface area contributed by atoms with Crippen molar-refractivity contribution in [1.82, 2.24) is 19.4 Å². The van der Waals surface area contributed by atoms with Gasteiger partial charge in [0.15, 0.2) is 0 Å². The molecule has 3 heterocycles. The first-order valence-electron chi connectivity index (χ1n) is 8.64. The Labute approximate surface area is 146 Å². The third kappa shape index (κ3) is 3.01. The molecule has 2 aromatic heterocycles. The Balaban J connectivity index is 1.65. The molecule has 0 unspecified atom stereocenters. The van der Waals surface area contributed by atoms with Gasteiger partial charge in [0.05, 0.1) is 17.8 Å². The van der Waals surface area contributed by atoms with Gasteiger partial charge in [-0.15, -0.1) is 0 Å². The van der Waals surface area contributed by atoms with E-state index < -0.39 is 0 Å². The van der Waals surface area contributed by atoms with E-state index in [4.69, 9.17) is 0 Å². The highest BCUT2D eigenvalue weighted by molar-refractivity contribution is 5.94. The fourth-order valence-corrected chi connectivity index (χ4v) is 3.61. The minimum atomic E-state index is -0.320. The quantitative estimate of drug-likeness (QED) is 0.922. The van der Waals surface area contributed by atoms with Gasteiger partial charge >= 0.3 is 0 Å². The minimum Gasteiger partial charge on any atom is -0.336 e. The third-order valence-electron chi connectivity index (χ3n) is 4.97. The Morgan fingerprint density at radius 2 is 2.12 bits per heavy atom. The zero-order chi connectivity index (χ0) is 17.4. The lowest BCUT2D eigenvalue weighted by atomic mass is 9.86. The average molecular weight is 339 g/mol. The van der Waals surface area contributed by atoms with E-state index in [0.717, 1.165) is 18.7 Å². The van der Waals surface area contributed by atoms with E-state index in [0.29, 0.717) is 18.5 Å². The molecule has 0 radical (unpaired) electrons. The summed E-state index contributed by atoms with van der Waals surface area (Å²) >= 11 is 0. The molecule has 0 bridgehead atoms. The molecule has 1 saturated heterocycles. The van der Waals surface area contributed by atoms with Crippen molar-refractivity contribution in [2.75, 3.05) is 5.32 Å². The standard InChI is InChI=1S/C18H21N5O2/c1-22-10-9-20-17(22)16-14(6-7-15(24)23(16)13-4-5-13)18(25)21-12-3-2-8-19-11-12/h2-3,8-11,13-14,16H,4-7H2,1H3,(H,21,25)/t14-,16-/m0/s1. The van der Waals surface area contributed by atoms with Gasteiger partial charge in [-0.05, 0) is 31.4 Å². The van der Waals surface area contributed by atoms with E-state index in [1.807, 2.05) is 28.8 Å². The van der Waals surface area contributed by atoms with Gasteiger partial charge in [-0.3, -0.25) is 14.6 Å². The van der Waals surface area contributed by atoms with Crippen LogP contribution in [0.15, 0.2) is 36.9 Å². The van der Waals surface area contributed by atoms with Crippen LogP contribution in [0.1, 0.15) is 37.5 Å². The molecule has 0 aromatic carbocycles. The molecule has 2 amide bonds. The predicted molar refractivity (Wildman–Crippen MR) is 91.4 cm³/mol. The van der Waals surface area contributed by atoms with Crippen LogP contribution in [0.2, 0.25) is 0 Å². The molecular weight excluding hydrogens is 318 g/mol. The summed E-state index contributed by atoms with van der Waals surface area (Å²) < 4.78 is 1.91. The highest BCUT2D eigenvalue weighted by atomic mass is 16.2. The number of pyridine rings is 1. The van der Waals surface area contributed by atoms with Crippen LogP contribution in [0.25, 0.3) is 0 Å². The van der Waals surface area contributed by atoms with Gasteiger partial charge in [0.1, 0.15) is 11.9 Å². The number of likely N-dealkylation sites (tertiary alicyclic amines) is 1. The zero-order valence-electron chi connectivity index (χ0n) is 14.1. The predicted octanol–water partition coefficient (Wildman–Crippen LogP) is 1.90. The molecule has 1 saturated carbocycles. The first-order valence-corrected chi connectivity index (χ1v) is 8.64. The molecule has 7 nitrogen and oxygen atoms in total. The number of amides is 2. The van der Waals surface area contributed by atoms with E-state index in [9.17, 15) is 9.59 Å². The van der Waals surface area contributed by atoms with Crippen LogP contribution in [-0.4, -0.2) is 37.3 Å². The van der Waals surface area contributed by atoms with Crippen molar-refractivity contribution in [2.24, 2.45) is 13.0 Å². The summed E-state index contributed by atoms with van der Waals surface area (Å²) in [6.07, 6.45) is 9.81. The topological polar surface area (TPSA) is 80.1 Å². The lowest BCUT2D eigenvalue weighted by Crippen LogP contribution is -2.48. The summed E-state index contributed by atoms with van der Waals surface area (Å²) in [6.45, 7) is 0. The van der Waals surface area contributed by atoms with Crippen molar-refractivity contribution in [3.05, 3.63) is 42.7 Å². The molecule has 0 spiro atoms. The summed E-state index contributed by atoms with van der Waals surface area (Å²) in [5.41, 5.74) is 0.668. The van der Waals surface area contributed by atoms with Crippen molar-refractivity contribution in [1.29, 1.82) is 0 Å². The van der Waals surface area contributed by atoms with E-state index in [1.54, 1.807) is 24.7 Å². The number of anilines is 1. The number of hydrogen-bond donors (Lipinski definition) is 1. The number of imidazole rings is 1. The van der Waals surface area contributed by atoms with Gasteiger partial charge in [-0.25, -0.2) is 4.98 Å². The number of hydrogen-bond acceptors (Lipinski definition) is 4. The monoisotopic (exact) mass is 339 g/mol. The molecule has 2 atom stereocenters. The minimum absolute atomic E-state index is 0.0841. The zero-order valence-corrected chi connectivity index (χ0v) is 14.1. The average Bonchev–Trinajstić information content (AvgIpc) is 3.36. The SMILES string of the molecule is Cn1ccnc1[C@@H]1[C@@H](C(=O)Nc2cccnc2)CCC(=O)N1C1CC1. The van der Waals surface area contributed by atoms with Crippen LogP contribution < -0.4 is 5.32 Å². The third-order valence-corrected chi connectivity index (χ3v) is 4.97. The highest BCUT2D eigenvalue weighted by Crippen LogP contribution is 2.43. The van der Waals surface area contributed by atoms with Gasteiger partial charge in [0, 0.05) is 38.1 Å². The molecule has 2 aromatic rings. The Bertz CT molecular complexity index is 784. The van der Waals surface area contributed by atoms with E-state index >= 15 is 0 Å². The van der Waals surface area contributed by atoms with Crippen molar-refractivity contribution < 1.29 is 9.59 Å². The number of piperidine rings is 1. The number of nitrogens with zero attached hydrogens (tertiary/aromatic N) is 4. The lowest BCUT2D eigenvalue weighted by Gasteiger charge is -2.40. The Hall–Kier alpha value is -2.70. The van der Waals surface area contributed by atoms with Crippen LogP contribution >= 0.6 is 0 Å². The van der Waals surface area contributed by atoms with Crippen molar-refractivity contribution in [3.63, 3.8) is 0 Å². The van der Waals surface area contributed by atoms with E-state index in [-0.39, 0.29) is 29.8 Å². The summed E-state index contributed by atoms with van der Waals surface area (Å²) in [4.78, 5) is 35.9. The second kappa shape index (κ2) is 6.31. The van der Waals surface area contributed by atoms with Gasteiger partial charge in [0.25, 0.3) is 0 Å². The van der Waals surface area contributed by atoms with Gasteiger partial charge in [-0.1, -0.05) is 0 Å². The maximum absolute atomic E-state index is 13.0. The van der Waals surface area contributed by atoms with E-state index in [2.05, 4.69) is 15.3 Å². The number of rotatable bonds is 4.